The first-order valence-electron chi connectivity index (χ1n) is 8.85. The molecule has 3 amide bonds. The van der Waals surface area contributed by atoms with Crippen LogP contribution in [0.3, 0.4) is 0 Å². The minimum absolute atomic E-state index is 0.150. The Morgan fingerprint density at radius 1 is 1.32 bits per heavy atom. The number of hydrogen-bond acceptors (Lipinski definition) is 8. The number of urea groups is 1. The van der Waals surface area contributed by atoms with Crippen LogP contribution in [-0.4, -0.2) is 51.2 Å². The van der Waals surface area contributed by atoms with Gasteiger partial charge in [-0.25, -0.2) is 9.59 Å². The van der Waals surface area contributed by atoms with Crippen molar-refractivity contribution in [3.05, 3.63) is 11.7 Å². The number of hydrogen-bond donors (Lipinski definition) is 5. The van der Waals surface area contributed by atoms with Crippen LogP contribution in [0, 0.1) is 5.92 Å². The molecule has 0 bridgehead atoms. The van der Waals surface area contributed by atoms with Crippen LogP contribution in [0.5, 0.6) is 0 Å². The van der Waals surface area contributed by atoms with Gasteiger partial charge < -0.3 is 31.7 Å². The van der Waals surface area contributed by atoms with E-state index in [1.807, 2.05) is 20.1 Å². The maximum absolute atomic E-state index is 12.2. The van der Waals surface area contributed by atoms with E-state index in [4.69, 9.17) is 21.1 Å². The van der Waals surface area contributed by atoms with Gasteiger partial charge in [-0.3, -0.25) is 4.79 Å². The number of nitrogens with two attached hydrogens (primary N) is 2. The van der Waals surface area contributed by atoms with E-state index >= 15 is 0 Å². The lowest BCUT2D eigenvalue weighted by Crippen LogP contribution is -2.48. The van der Waals surface area contributed by atoms with Crippen molar-refractivity contribution in [1.82, 2.24) is 20.8 Å². The van der Waals surface area contributed by atoms with Gasteiger partial charge in [-0.15, -0.1) is 0 Å². The fourth-order valence-electron chi connectivity index (χ4n) is 2.29. The number of aromatic nitrogens is 2. The Bertz CT molecular complexity index is 670. The van der Waals surface area contributed by atoms with Gasteiger partial charge in [-0.2, -0.15) is 16.7 Å². The van der Waals surface area contributed by atoms with E-state index in [9.17, 15) is 14.4 Å². The van der Waals surface area contributed by atoms with E-state index in [2.05, 4.69) is 20.8 Å². The lowest BCUT2D eigenvalue weighted by atomic mass is 10.00. The Kier molecular flexibility index (Phi) is 9.73. The molecule has 0 aromatic carbocycles. The summed E-state index contributed by atoms with van der Waals surface area (Å²) in [6.07, 6.45) is 2.70. The summed E-state index contributed by atoms with van der Waals surface area (Å²) in [6.45, 7) is 3.98. The van der Waals surface area contributed by atoms with E-state index in [0.717, 1.165) is 6.42 Å². The molecule has 1 unspecified atom stereocenters. The molecule has 1 heterocycles. The lowest BCUT2D eigenvalue weighted by Gasteiger charge is -2.18. The van der Waals surface area contributed by atoms with E-state index in [-0.39, 0.29) is 11.8 Å². The monoisotopic (exact) mass is 416 g/mol. The summed E-state index contributed by atoms with van der Waals surface area (Å²) in [6, 6.07) is -3.26. The SMILES string of the molecule is CCC(C)[C@H](N)c1noc([C@H](CCSC)NC(=O)N[C@@H](CC(N)=O)C(=O)O)n1. The van der Waals surface area contributed by atoms with Gasteiger partial charge in [0.1, 0.15) is 12.1 Å². The highest BCUT2D eigenvalue weighted by molar-refractivity contribution is 7.98. The number of carbonyl (C=O) groups excluding carboxylic acids is 2. The summed E-state index contributed by atoms with van der Waals surface area (Å²) in [5, 5.41) is 17.8. The summed E-state index contributed by atoms with van der Waals surface area (Å²) >= 11 is 1.56. The first-order chi connectivity index (χ1) is 13.2. The van der Waals surface area contributed by atoms with Crippen molar-refractivity contribution < 1.29 is 24.0 Å². The molecule has 1 aromatic rings. The fourth-order valence-corrected chi connectivity index (χ4v) is 2.76. The molecule has 1 aromatic heterocycles. The quantitative estimate of drug-likeness (QED) is 0.324. The topological polar surface area (TPSA) is 186 Å². The molecule has 0 fully saturated rings. The summed E-state index contributed by atoms with van der Waals surface area (Å²) in [7, 11) is 0. The van der Waals surface area contributed by atoms with Crippen LogP contribution in [0.1, 0.15) is 56.9 Å². The number of thioether (sulfide) groups is 1. The molecule has 12 heteroatoms. The summed E-state index contributed by atoms with van der Waals surface area (Å²) in [4.78, 5) is 38.7. The second-order valence-electron chi connectivity index (χ2n) is 6.42. The van der Waals surface area contributed by atoms with Gasteiger partial charge in [-0.05, 0) is 24.3 Å². The number of carboxylic acid groups (broad SMARTS) is 1. The number of amides is 3. The third-order valence-electron chi connectivity index (χ3n) is 4.24. The van der Waals surface area contributed by atoms with Gasteiger partial charge in [-0.1, -0.05) is 25.4 Å². The second-order valence-corrected chi connectivity index (χ2v) is 7.40. The highest BCUT2D eigenvalue weighted by Gasteiger charge is 2.27. The zero-order valence-corrected chi connectivity index (χ0v) is 17.0. The molecule has 0 saturated heterocycles. The van der Waals surface area contributed by atoms with Crippen LogP contribution in [0.25, 0.3) is 0 Å². The molecule has 0 saturated carbocycles. The Hall–Kier alpha value is -2.34. The third-order valence-corrected chi connectivity index (χ3v) is 4.88. The largest absolute Gasteiger partial charge is 0.480 e. The van der Waals surface area contributed by atoms with Gasteiger partial charge in [0.05, 0.1) is 12.5 Å². The number of nitrogens with zero attached hydrogens (tertiary/aromatic N) is 2. The molecular formula is C16H28N6O5S. The van der Waals surface area contributed by atoms with Gasteiger partial charge >= 0.3 is 12.0 Å². The average molecular weight is 417 g/mol. The average Bonchev–Trinajstić information content (AvgIpc) is 3.12. The van der Waals surface area contributed by atoms with Crippen LogP contribution < -0.4 is 22.1 Å². The van der Waals surface area contributed by atoms with Gasteiger partial charge in [0.25, 0.3) is 0 Å². The molecule has 4 atom stereocenters. The Morgan fingerprint density at radius 3 is 2.54 bits per heavy atom. The molecule has 0 spiro atoms. The Balaban J connectivity index is 2.88. The number of primary amides is 1. The van der Waals surface area contributed by atoms with E-state index in [0.29, 0.717) is 18.0 Å². The van der Waals surface area contributed by atoms with Gasteiger partial charge in [0.2, 0.25) is 11.8 Å². The maximum Gasteiger partial charge on any atom is 0.326 e. The minimum Gasteiger partial charge on any atom is -0.480 e. The number of carbonyl (C=O) groups is 3. The van der Waals surface area contributed by atoms with Gasteiger partial charge in [0.15, 0.2) is 5.82 Å². The molecule has 1 rings (SSSR count). The van der Waals surface area contributed by atoms with Crippen LogP contribution in [-0.2, 0) is 9.59 Å². The molecular weight excluding hydrogens is 388 g/mol. The van der Waals surface area contributed by atoms with E-state index in [1.165, 1.54) is 0 Å². The van der Waals surface area contributed by atoms with Crippen LogP contribution in [0.15, 0.2) is 4.52 Å². The van der Waals surface area contributed by atoms with E-state index < -0.39 is 42.5 Å². The number of rotatable bonds is 12. The first kappa shape index (κ1) is 23.7. The first-order valence-corrected chi connectivity index (χ1v) is 10.2. The molecule has 0 radical (unpaired) electrons. The highest BCUT2D eigenvalue weighted by atomic mass is 32.2. The van der Waals surface area contributed by atoms with Crippen molar-refractivity contribution in [2.75, 3.05) is 12.0 Å². The van der Waals surface area contributed by atoms with Crippen molar-refractivity contribution in [3.63, 3.8) is 0 Å². The molecule has 28 heavy (non-hydrogen) atoms. The Labute approximate surface area is 167 Å². The summed E-state index contributed by atoms with van der Waals surface area (Å²) in [5.41, 5.74) is 11.1. The van der Waals surface area contributed by atoms with Crippen molar-refractivity contribution in [1.29, 1.82) is 0 Å². The van der Waals surface area contributed by atoms with E-state index in [1.54, 1.807) is 11.8 Å². The van der Waals surface area contributed by atoms with Gasteiger partial charge in [0, 0.05) is 0 Å². The van der Waals surface area contributed by atoms with Crippen molar-refractivity contribution >= 4 is 29.7 Å². The minimum atomic E-state index is -1.43. The molecule has 0 aliphatic carbocycles. The third kappa shape index (κ3) is 7.35. The number of nitrogens with one attached hydrogen (secondary N) is 2. The lowest BCUT2D eigenvalue weighted by molar-refractivity contribution is -0.140. The van der Waals surface area contributed by atoms with Crippen molar-refractivity contribution in [2.24, 2.45) is 17.4 Å². The summed E-state index contributed by atoms with van der Waals surface area (Å²) in [5.74, 6) is -0.848. The second kappa shape index (κ2) is 11.5. The Morgan fingerprint density at radius 2 is 2.00 bits per heavy atom. The number of aliphatic carboxylic acids is 1. The molecule has 0 aliphatic rings. The normalized spacial score (nSPS) is 15.3. The van der Waals surface area contributed by atoms with Crippen molar-refractivity contribution in [2.45, 2.75) is 51.2 Å². The highest BCUT2D eigenvalue weighted by Crippen LogP contribution is 2.23. The smallest absolute Gasteiger partial charge is 0.326 e. The zero-order chi connectivity index (χ0) is 21.3. The fraction of sp³-hybridized carbons (Fsp3) is 0.688. The standard InChI is InChI=1S/C16H28N6O5S/c1-4-8(2)12(18)13-21-14(27-22-13)9(5-6-28-3)19-16(26)20-10(15(24)25)7-11(17)23/h8-10,12H,4-7,18H2,1-3H3,(H2,17,23)(H,24,25)(H2,19,20,26)/t8?,9-,10-,12-/m0/s1. The van der Waals surface area contributed by atoms with Crippen LogP contribution in [0.2, 0.25) is 0 Å². The van der Waals surface area contributed by atoms with Crippen molar-refractivity contribution in [3.8, 4) is 0 Å². The predicted molar refractivity (Wildman–Crippen MR) is 103 cm³/mol. The van der Waals surface area contributed by atoms with Crippen LogP contribution in [0.4, 0.5) is 4.79 Å². The molecule has 7 N–H and O–H groups in total. The summed E-state index contributed by atoms with van der Waals surface area (Å²) < 4.78 is 5.27. The molecule has 0 aliphatic heterocycles. The predicted octanol–water partition coefficient (Wildman–Crippen LogP) is 0.538. The number of carboxylic acids is 1. The molecule has 158 valence electrons. The zero-order valence-electron chi connectivity index (χ0n) is 16.2. The maximum atomic E-state index is 12.2. The molecule has 11 nitrogen and oxygen atoms in total. The van der Waals surface area contributed by atoms with Crippen LogP contribution >= 0.6 is 11.8 Å².